The zero-order chi connectivity index (χ0) is 8.32. The molecule has 0 aromatic heterocycles. The van der Waals surface area contributed by atoms with E-state index in [9.17, 15) is 5.21 Å². The first kappa shape index (κ1) is 8.97. The number of methoxy groups -OCH3 is 1. The van der Waals surface area contributed by atoms with Crippen molar-refractivity contribution in [3.05, 3.63) is 5.21 Å². The van der Waals surface area contributed by atoms with E-state index in [2.05, 4.69) is 0 Å². The fraction of sp³-hybridized carbons (Fsp3) is 1.00. The summed E-state index contributed by atoms with van der Waals surface area (Å²) < 4.78 is 5.13. The summed E-state index contributed by atoms with van der Waals surface area (Å²) in [5.74, 6) is 0. The van der Waals surface area contributed by atoms with Gasteiger partial charge in [-0.25, -0.2) is 0 Å². The normalized spacial score (nSPS) is 40.1. The third-order valence-corrected chi connectivity index (χ3v) is 2.41. The van der Waals surface area contributed by atoms with Crippen molar-refractivity contribution < 1.29 is 9.38 Å². The van der Waals surface area contributed by atoms with Gasteiger partial charge in [0, 0.05) is 13.5 Å². The van der Waals surface area contributed by atoms with Crippen LogP contribution in [0.1, 0.15) is 19.3 Å². The first-order chi connectivity index (χ1) is 5.14. The predicted octanol–water partition coefficient (Wildman–Crippen LogP) is 1.13. The lowest BCUT2D eigenvalue weighted by molar-refractivity contribution is -0.859. The summed E-state index contributed by atoms with van der Waals surface area (Å²) in [6, 6.07) is 0. The Labute approximate surface area is 68.1 Å². The fourth-order valence-electron chi connectivity index (χ4n) is 1.56. The van der Waals surface area contributed by atoms with Gasteiger partial charge in [-0.15, -0.1) is 0 Å². The van der Waals surface area contributed by atoms with Crippen molar-refractivity contribution >= 4 is 0 Å². The van der Waals surface area contributed by atoms with Crippen LogP contribution in [0, 0.1) is 5.21 Å². The van der Waals surface area contributed by atoms with Crippen molar-refractivity contribution in [3.63, 3.8) is 0 Å². The first-order valence-corrected chi connectivity index (χ1v) is 4.22. The van der Waals surface area contributed by atoms with Gasteiger partial charge in [0.05, 0.1) is 26.2 Å². The molecule has 0 saturated carbocycles. The lowest BCUT2D eigenvalue weighted by atomic mass is 10.2. The minimum absolute atomic E-state index is 0.0835. The Morgan fingerprint density at radius 3 is 2.73 bits per heavy atom. The molecule has 0 aromatic rings. The molecule has 0 spiro atoms. The van der Waals surface area contributed by atoms with Crippen LogP contribution in [0.25, 0.3) is 0 Å². The molecule has 1 fully saturated rings. The molecular weight excluding hydrogens is 142 g/mol. The summed E-state index contributed by atoms with van der Waals surface area (Å²) in [5.41, 5.74) is 0. The maximum Gasteiger partial charge on any atom is 0.0806 e. The lowest BCUT2D eigenvalue weighted by Crippen LogP contribution is -2.38. The van der Waals surface area contributed by atoms with E-state index < -0.39 is 0 Å². The highest BCUT2D eigenvalue weighted by Crippen LogP contribution is 2.16. The number of likely N-dealkylation sites (tertiary alicyclic amines) is 1. The van der Waals surface area contributed by atoms with E-state index in [1.54, 1.807) is 14.2 Å². The average molecular weight is 159 g/mol. The van der Waals surface area contributed by atoms with Gasteiger partial charge in [-0.1, -0.05) is 0 Å². The standard InChI is InChI=1S/C8H17NO2/c1-9(10)6-3-4-8(11-2)5-7-9/h8H,3-7H2,1-2H3. The molecule has 11 heavy (non-hydrogen) atoms. The topological polar surface area (TPSA) is 32.3 Å². The zero-order valence-corrected chi connectivity index (χ0v) is 7.38. The molecule has 1 aliphatic heterocycles. The average Bonchev–Trinajstić information content (AvgIpc) is 2.10. The van der Waals surface area contributed by atoms with Crippen LogP contribution in [0.3, 0.4) is 0 Å². The van der Waals surface area contributed by atoms with Crippen molar-refractivity contribution in [2.45, 2.75) is 25.4 Å². The second kappa shape index (κ2) is 3.52. The molecule has 66 valence electrons. The third-order valence-electron chi connectivity index (χ3n) is 2.41. The van der Waals surface area contributed by atoms with Crippen LogP contribution < -0.4 is 0 Å². The number of hydrogen-bond donors (Lipinski definition) is 0. The molecule has 2 atom stereocenters. The molecule has 0 aromatic carbocycles. The largest absolute Gasteiger partial charge is 0.633 e. The van der Waals surface area contributed by atoms with E-state index in [1.807, 2.05) is 0 Å². The van der Waals surface area contributed by atoms with Gasteiger partial charge in [-0.2, -0.15) is 0 Å². The van der Waals surface area contributed by atoms with Crippen molar-refractivity contribution in [3.8, 4) is 0 Å². The van der Waals surface area contributed by atoms with Gasteiger partial charge in [0.25, 0.3) is 0 Å². The number of rotatable bonds is 1. The van der Waals surface area contributed by atoms with Gasteiger partial charge in [-0.05, 0) is 12.8 Å². The van der Waals surface area contributed by atoms with Crippen LogP contribution >= 0.6 is 0 Å². The Morgan fingerprint density at radius 1 is 1.36 bits per heavy atom. The minimum Gasteiger partial charge on any atom is -0.633 e. The Bertz CT molecular complexity index is 125. The summed E-state index contributed by atoms with van der Waals surface area (Å²) in [7, 11) is 3.48. The van der Waals surface area contributed by atoms with Crippen molar-refractivity contribution in [2.75, 3.05) is 27.2 Å². The maximum absolute atomic E-state index is 11.5. The highest BCUT2D eigenvalue weighted by Gasteiger charge is 2.19. The highest BCUT2D eigenvalue weighted by atomic mass is 16.5. The minimum atomic E-state index is -0.0835. The molecule has 3 nitrogen and oxygen atoms in total. The summed E-state index contributed by atoms with van der Waals surface area (Å²) in [6.07, 6.45) is 3.28. The monoisotopic (exact) mass is 159 g/mol. The first-order valence-electron chi connectivity index (χ1n) is 4.22. The second-order valence-corrected chi connectivity index (χ2v) is 3.53. The Morgan fingerprint density at radius 2 is 2.09 bits per heavy atom. The van der Waals surface area contributed by atoms with Gasteiger partial charge in [-0.3, -0.25) is 0 Å². The quantitative estimate of drug-likeness (QED) is 0.424. The van der Waals surface area contributed by atoms with Crippen LogP contribution in [0.4, 0.5) is 0 Å². The van der Waals surface area contributed by atoms with Gasteiger partial charge in [0.15, 0.2) is 0 Å². The van der Waals surface area contributed by atoms with Crippen LogP contribution in [-0.4, -0.2) is 38.0 Å². The van der Waals surface area contributed by atoms with E-state index in [1.165, 1.54) is 0 Å². The molecule has 1 heterocycles. The lowest BCUT2D eigenvalue weighted by Gasteiger charge is -2.37. The van der Waals surface area contributed by atoms with Gasteiger partial charge in [0.2, 0.25) is 0 Å². The summed E-state index contributed by atoms with van der Waals surface area (Å²) >= 11 is 0. The fourth-order valence-corrected chi connectivity index (χ4v) is 1.56. The van der Waals surface area contributed by atoms with Gasteiger partial charge >= 0.3 is 0 Å². The number of hydroxylamine groups is 3. The molecule has 1 saturated heterocycles. The molecule has 0 aliphatic carbocycles. The van der Waals surface area contributed by atoms with E-state index in [0.717, 1.165) is 25.8 Å². The Hall–Kier alpha value is -0.120. The number of quaternary nitrogens is 1. The Kier molecular flexibility index (Phi) is 2.87. The second-order valence-electron chi connectivity index (χ2n) is 3.53. The van der Waals surface area contributed by atoms with Gasteiger partial charge < -0.3 is 14.6 Å². The van der Waals surface area contributed by atoms with Crippen LogP contribution in [0.5, 0.6) is 0 Å². The molecule has 3 heteroatoms. The Balaban J connectivity index is 2.39. The predicted molar refractivity (Wildman–Crippen MR) is 43.9 cm³/mol. The molecule has 1 aliphatic rings. The van der Waals surface area contributed by atoms with Crippen LogP contribution in [0.2, 0.25) is 0 Å². The summed E-state index contributed by atoms with van der Waals surface area (Å²) in [6.45, 7) is 1.46. The van der Waals surface area contributed by atoms with Crippen molar-refractivity contribution in [1.82, 2.24) is 0 Å². The molecule has 2 unspecified atom stereocenters. The molecule has 1 rings (SSSR count). The molecular formula is C8H17NO2. The van der Waals surface area contributed by atoms with Crippen LogP contribution in [-0.2, 0) is 4.74 Å². The smallest absolute Gasteiger partial charge is 0.0806 e. The van der Waals surface area contributed by atoms with Crippen molar-refractivity contribution in [2.24, 2.45) is 0 Å². The summed E-state index contributed by atoms with van der Waals surface area (Å²) in [5, 5.41) is 11.5. The number of nitrogens with zero attached hydrogens (tertiary/aromatic N) is 1. The van der Waals surface area contributed by atoms with E-state index in [0.29, 0.717) is 12.6 Å². The number of hydrogen-bond acceptors (Lipinski definition) is 2. The van der Waals surface area contributed by atoms with E-state index in [4.69, 9.17) is 4.74 Å². The van der Waals surface area contributed by atoms with Crippen LogP contribution in [0.15, 0.2) is 0 Å². The zero-order valence-electron chi connectivity index (χ0n) is 7.38. The van der Waals surface area contributed by atoms with Crippen molar-refractivity contribution in [1.29, 1.82) is 0 Å². The molecule has 0 N–H and O–H groups in total. The highest BCUT2D eigenvalue weighted by molar-refractivity contribution is 4.62. The third kappa shape index (κ3) is 2.77. The SMILES string of the molecule is COC1CCC[N+](C)([O-])CC1. The maximum atomic E-state index is 11.5. The van der Waals surface area contributed by atoms with E-state index >= 15 is 0 Å². The molecule has 0 bridgehead atoms. The molecule has 0 amide bonds. The summed E-state index contributed by atoms with van der Waals surface area (Å²) in [4.78, 5) is 0. The molecule has 0 radical (unpaired) electrons. The number of ether oxygens (including phenoxy) is 1. The van der Waals surface area contributed by atoms with Gasteiger partial charge in [0.1, 0.15) is 0 Å². The van der Waals surface area contributed by atoms with E-state index in [-0.39, 0.29) is 4.65 Å².